The average molecular weight is 344 g/mol. The van der Waals surface area contributed by atoms with E-state index in [4.69, 9.17) is 23.2 Å². The molecule has 4 rings (SSSR count). The van der Waals surface area contributed by atoms with Gasteiger partial charge in [-0.1, -0.05) is 29.8 Å². The van der Waals surface area contributed by atoms with E-state index in [1.807, 2.05) is 12.1 Å². The van der Waals surface area contributed by atoms with Gasteiger partial charge in [0.15, 0.2) is 0 Å². The zero-order valence-electron chi connectivity index (χ0n) is 12.7. The summed E-state index contributed by atoms with van der Waals surface area (Å²) < 4.78 is 0. The summed E-state index contributed by atoms with van der Waals surface area (Å²) in [5.74, 6) is 1.09. The SMILES string of the molecule is C=C1N=C2CCc3cc(-c4cncc(Cl)c4)c(Cl)cc3N2C1C. The van der Waals surface area contributed by atoms with Gasteiger partial charge in [-0.3, -0.25) is 4.98 Å². The second-order valence-electron chi connectivity index (χ2n) is 5.92. The Morgan fingerprint density at radius 2 is 2.00 bits per heavy atom. The van der Waals surface area contributed by atoms with E-state index in [2.05, 4.69) is 34.4 Å². The third-order valence-corrected chi connectivity index (χ3v) is 5.00. The lowest BCUT2D eigenvalue weighted by molar-refractivity contribution is 0.833. The van der Waals surface area contributed by atoms with Crippen molar-refractivity contribution in [2.45, 2.75) is 25.8 Å². The molecule has 116 valence electrons. The molecule has 1 aromatic carbocycles. The van der Waals surface area contributed by atoms with Crippen molar-refractivity contribution in [1.29, 1.82) is 0 Å². The van der Waals surface area contributed by atoms with E-state index in [1.54, 1.807) is 12.4 Å². The van der Waals surface area contributed by atoms with E-state index < -0.39 is 0 Å². The van der Waals surface area contributed by atoms with E-state index in [0.717, 1.165) is 41.2 Å². The summed E-state index contributed by atoms with van der Waals surface area (Å²) in [7, 11) is 0. The number of aryl methyl sites for hydroxylation is 1. The maximum absolute atomic E-state index is 6.56. The normalized spacial score (nSPS) is 19.4. The zero-order chi connectivity index (χ0) is 16.1. The molecule has 3 nitrogen and oxygen atoms in total. The Balaban J connectivity index is 1.84. The highest BCUT2D eigenvalue weighted by Gasteiger charge is 2.33. The molecule has 0 N–H and O–H groups in total. The van der Waals surface area contributed by atoms with Crippen LogP contribution in [0.1, 0.15) is 18.9 Å². The smallest absolute Gasteiger partial charge is 0.110 e. The first-order valence-corrected chi connectivity index (χ1v) is 8.29. The molecular formula is C18H15Cl2N3. The average Bonchev–Trinajstić information content (AvgIpc) is 2.82. The standard InChI is InChI=1S/C18H15Cl2N3/c1-10-11(2)23-17-7-16(20)15(13-5-14(19)9-21-8-13)6-12(17)3-4-18(23)22-10/h5-9,11H,1,3-4H2,2H3. The number of fused-ring (bicyclic) bond motifs is 3. The summed E-state index contributed by atoms with van der Waals surface area (Å²) in [4.78, 5) is 11.0. The van der Waals surface area contributed by atoms with Gasteiger partial charge in [0.05, 0.1) is 21.8 Å². The van der Waals surface area contributed by atoms with Gasteiger partial charge < -0.3 is 4.90 Å². The lowest BCUT2D eigenvalue weighted by atomic mass is 9.95. The Bertz CT molecular complexity index is 857. The van der Waals surface area contributed by atoms with E-state index in [-0.39, 0.29) is 6.04 Å². The summed E-state index contributed by atoms with van der Waals surface area (Å²) in [6, 6.07) is 6.24. The second kappa shape index (κ2) is 5.36. The van der Waals surface area contributed by atoms with Gasteiger partial charge in [-0.2, -0.15) is 0 Å². The Morgan fingerprint density at radius 1 is 1.17 bits per heavy atom. The Labute approximate surface area is 145 Å². The lowest BCUT2D eigenvalue weighted by Gasteiger charge is -2.32. The van der Waals surface area contributed by atoms with Crippen LogP contribution in [-0.4, -0.2) is 16.9 Å². The fourth-order valence-electron chi connectivity index (χ4n) is 3.27. The largest absolute Gasteiger partial charge is 0.321 e. The van der Waals surface area contributed by atoms with Gasteiger partial charge in [0.1, 0.15) is 5.84 Å². The number of aliphatic imine (C=N–C) groups is 1. The van der Waals surface area contributed by atoms with Gasteiger partial charge in [-0.05, 0) is 37.1 Å². The zero-order valence-corrected chi connectivity index (χ0v) is 14.2. The number of nitrogens with zero attached hydrogens (tertiary/aromatic N) is 3. The van der Waals surface area contributed by atoms with Crippen LogP contribution in [0.25, 0.3) is 11.1 Å². The first kappa shape index (κ1) is 14.7. The number of pyridine rings is 1. The van der Waals surface area contributed by atoms with Crippen molar-refractivity contribution < 1.29 is 0 Å². The first-order valence-electron chi connectivity index (χ1n) is 7.53. The molecule has 1 unspecified atom stereocenters. The van der Waals surface area contributed by atoms with Crippen LogP contribution in [0, 0.1) is 0 Å². The highest BCUT2D eigenvalue weighted by atomic mass is 35.5. The van der Waals surface area contributed by atoms with Crippen molar-refractivity contribution in [2.75, 3.05) is 4.90 Å². The third kappa shape index (κ3) is 2.35. The molecule has 3 heterocycles. The predicted octanol–water partition coefficient (Wildman–Crippen LogP) is 5.12. The highest BCUT2D eigenvalue weighted by molar-refractivity contribution is 6.34. The number of aromatic nitrogens is 1. The van der Waals surface area contributed by atoms with E-state index in [9.17, 15) is 0 Å². The van der Waals surface area contributed by atoms with Gasteiger partial charge in [0, 0.05) is 35.6 Å². The van der Waals surface area contributed by atoms with Crippen LogP contribution in [0.15, 0.2) is 47.9 Å². The van der Waals surface area contributed by atoms with Gasteiger partial charge in [-0.15, -0.1) is 0 Å². The Kier molecular flexibility index (Phi) is 3.43. The fourth-order valence-corrected chi connectivity index (χ4v) is 3.71. The fraction of sp³-hybridized carbons (Fsp3) is 0.222. The van der Waals surface area contributed by atoms with Crippen molar-refractivity contribution >= 4 is 34.7 Å². The molecule has 0 saturated heterocycles. The second-order valence-corrected chi connectivity index (χ2v) is 6.76. The van der Waals surface area contributed by atoms with Crippen LogP contribution in [0.4, 0.5) is 5.69 Å². The molecule has 0 radical (unpaired) electrons. The predicted molar refractivity (Wildman–Crippen MR) is 96.5 cm³/mol. The Hall–Kier alpha value is -1.84. The highest BCUT2D eigenvalue weighted by Crippen LogP contribution is 2.41. The lowest BCUT2D eigenvalue weighted by Crippen LogP contribution is -2.37. The minimum absolute atomic E-state index is 0.179. The maximum atomic E-state index is 6.56. The molecule has 1 atom stereocenters. The topological polar surface area (TPSA) is 28.5 Å². The molecule has 2 aromatic rings. The van der Waals surface area contributed by atoms with E-state index in [1.165, 1.54) is 5.56 Å². The summed E-state index contributed by atoms with van der Waals surface area (Å²) in [6.45, 7) is 6.17. The molecule has 0 amide bonds. The minimum Gasteiger partial charge on any atom is -0.321 e. The van der Waals surface area contributed by atoms with Gasteiger partial charge in [0.2, 0.25) is 0 Å². The van der Waals surface area contributed by atoms with E-state index >= 15 is 0 Å². The molecule has 0 saturated carbocycles. The molecule has 0 fully saturated rings. The molecule has 0 bridgehead atoms. The first-order chi connectivity index (χ1) is 11.0. The molecular weight excluding hydrogens is 329 g/mol. The quantitative estimate of drug-likeness (QED) is 0.718. The van der Waals surface area contributed by atoms with Crippen molar-refractivity contribution in [3.63, 3.8) is 0 Å². The molecule has 1 aromatic heterocycles. The number of halogens is 2. The van der Waals surface area contributed by atoms with Crippen LogP contribution >= 0.6 is 23.2 Å². The number of rotatable bonds is 1. The maximum Gasteiger partial charge on any atom is 0.110 e. The van der Waals surface area contributed by atoms with Gasteiger partial charge in [-0.25, -0.2) is 4.99 Å². The number of hydrogen-bond donors (Lipinski definition) is 0. The summed E-state index contributed by atoms with van der Waals surface area (Å²) in [5.41, 5.74) is 5.21. The number of hydrogen-bond acceptors (Lipinski definition) is 3. The Morgan fingerprint density at radius 3 is 2.78 bits per heavy atom. The minimum atomic E-state index is 0.179. The van der Waals surface area contributed by atoms with Crippen molar-refractivity contribution in [3.8, 4) is 11.1 Å². The van der Waals surface area contributed by atoms with Crippen LogP contribution in [0.2, 0.25) is 10.0 Å². The number of amidine groups is 1. The molecule has 5 heteroatoms. The molecule has 2 aliphatic heterocycles. The van der Waals surface area contributed by atoms with E-state index in [0.29, 0.717) is 10.0 Å². The van der Waals surface area contributed by atoms with Crippen molar-refractivity contribution in [2.24, 2.45) is 4.99 Å². The molecule has 0 aliphatic carbocycles. The molecule has 23 heavy (non-hydrogen) atoms. The summed E-state index contributed by atoms with van der Waals surface area (Å²) in [6.07, 6.45) is 5.28. The van der Waals surface area contributed by atoms with Crippen molar-refractivity contribution in [1.82, 2.24) is 4.98 Å². The molecule has 2 aliphatic rings. The summed E-state index contributed by atoms with van der Waals surface area (Å²) in [5, 5.41) is 1.30. The van der Waals surface area contributed by atoms with Gasteiger partial charge >= 0.3 is 0 Å². The van der Waals surface area contributed by atoms with Crippen LogP contribution in [0.5, 0.6) is 0 Å². The van der Waals surface area contributed by atoms with Crippen LogP contribution in [0.3, 0.4) is 0 Å². The van der Waals surface area contributed by atoms with Crippen LogP contribution < -0.4 is 4.90 Å². The van der Waals surface area contributed by atoms with Crippen LogP contribution in [-0.2, 0) is 6.42 Å². The number of anilines is 1. The monoisotopic (exact) mass is 343 g/mol. The number of benzene rings is 1. The molecule has 0 spiro atoms. The van der Waals surface area contributed by atoms with Crippen molar-refractivity contribution in [3.05, 3.63) is 58.5 Å². The summed E-state index contributed by atoms with van der Waals surface area (Å²) >= 11 is 12.6. The third-order valence-electron chi connectivity index (χ3n) is 4.48. The van der Waals surface area contributed by atoms with Gasteiger partial charge in [0.25, 0.3) is 0 Å².